The number of nitrogens with zero attached hydrogens (tertiary/aromatic N) is 3. The van der Waals surface area contributed by atoms with Crippen LogP contribution in [0.4, 0.5) is 0 Å². The average molecular weight is 245 g/mol. The van der Waals surface area contributed by atoms with E-state index in [-0.39, 0.29) is 6.10 Å². The monoisotopic (exact) mass is 245 g/mol. The van der Waals surface area contributed by atoms with E-state index in [1.165, 1.54) is 5.69 Å². The Labute approximate surface area is 107 Å². The summed E-state index contributed by atoms with van der Waals surface area (Å²) in [4.78, 5) is 6.98. The van der Waals surface area contributed by atoms with E-state index in [0.717, 1.165) is 43.8 Å². The maximum absolute atomic E-state index is 9.54. The molecule has 1 saturated heterocycles. The topological polar surface area (TPSA) is 40.8 Å². The van der Waals surface area contributed by atoms with Crippen molar-refractivity contribution in [1.29, 1.82) is 0 Å². The van der Waals surface area contributed by atoms with E-state index < -0.39 is 0 Å². The highest BCUT2D eigenvalue weighted by molar-refractivity contribution is 5.42. The molecule has 3 heterocycles. The third-order valence-electron chi connectivity index (χ3n) is 3.76. The van der Waals surface area contributed by atoms with Gasteiger partial charge in [-0.3, -0.25) is 4.90 Å². The second-order valence-corrected chi connectivity index (χ2v) is 5.08. The quantitative estimate of drug-likeness (QED) is 0.873. The van der Waals surface area contributed by atoms with Crippen molar-refractivity contribution in [3.8, 4) is 0 Å². The molecular weight excluding hydrogens is 226 g/mol. The van der Waals surface area contributed by atoms with Crippen molar-refractivity contribution in [3.63, 3.8) is 0 Å². The zero-order valence-corrected chi connectivity index (χ0v) is 10.7. The minimum atomic E-state index is -0.107. The number of aryl methyl sites for hydroxylation is 1. The van der Waals surface area contributed by atoms with Gasteiger partial charge in [-0.2, -0.15) is 0 Å². The van der Waals surface area contributed by atoms with Crippen LogP contribution in [0.15, 0.2) is 24.4 Å². The fourth-order valence-electron chi connectivity index (χ4n) is 2.64. The lowest BCUT2D eigenvalue weighted by molar-refractivity contribution is 0.0785. The fourth-order valence-corrected chi connectivity index (χ4v) is 2.64. The van der Waals surface area contributed by atoms with Gasteiger partial charge in [0, 0.05) is 25.8 Å². The van der Waals surface area contributed by atoms with Crippen molar-refractivity contribution < 1.29 is 5.11 Å². The molecule has 0 amide bonds. The van der Waals surface area contributed by atoms with Crippen molar-refractivity contribution in [1.82, 2.24) is 14.3 Å². The van der Waals surface area contributed by atoms with Gasteiger partial charge in [-0.25, -0.2) is 4.98 Å². The van der Waals surface area contributed by atoms with Crippen LogP contribution in [-0.4, -0.2) is 38.6 Å². The van der Waals surface area contributed by atoms with Gasteiger partial charge in [0.25, 0.3) is 0 Å². The van der Waals surface area contributed by atoms with Crippen LogP contribution in [0.25, 0.3) is 5.65 Å². The van der Waals surface area contributed by atoms with Gasteiger partial charge in [-0.05, 0) is 31.9 Å². The predicted molar refractivity (Wildman–Crippen MR) is 70.4 cm³/mol. The van der Waals surface area contributed by atoms with Crippen LogP contribution >= 0.6 is 0 Å². The Morgan fingerprint density at radius 3 is 2.89 bits per heavy atom. The highest BCUT2D eigenvalue weighted by atomic mass is 16.3. The summed E-state index contributed by atoms with van der Waals surface area (Å²) in [6.45, 7) is 4.94. The molecule has 0 aromatic carbocycles. The summed E-state index contributed by atoms with van der Waals surface area (Å²) in [7, 11) is 0. The molecule has 1 fully saturated rings. The Morgan fingerprint density at radius 2 is 2.11 bits per heavy atom. The Bertz CT molecular complexity index is 541. The molecule has 0 radical (unpaired) electrons. The van der Waals surface area contributed by atoms with E-state index in [0.29, 0.717) is 0 Å². The van der Waals surface area contributed by atoms with Crippen molar-refractivity contribution in [2.24, 2.45) is 0 Å². The molecule has 2 aromatic rings. The number of hydrogen-bond donors (Lipinski definition) is 1. The molecule has 0 bridgehead atoms. The number of aliphatic hydroxyl groups excluding tert-OH is 1. The number of aromatic nitrogens is 2. The number of fused-ring (bicyclic) bond motifs is 1. The van der Waals surface area contributed by atoms with Crippen molar-refractivity contribution in [2.45, 2.75) is 32.4 Å². The van der Waals surface area contributed by atoms with Crippen LogP contribution in [-0.2, 0) is 6.54 Å². The van der Waals surface area contributed by atoms with Crippen LogP contribution in [0.3, 0.4) is 0 Å². The molecule has 18 heavy (non-hydrogen) atoms. The molecule has 0 aliphatic carbocycles. The molecule has 0 saturated carbocycles. The van der Waals surface area contributed by atoms with E-state index in [1.807, 2.05) is 18.2 Å². The number of hydrogen-bond acceptors (Lipinski definition) is 3. The van der Waals surface area contributed by atoms with E-state index in [1.54, 1.807) is 0 Å². The third-order valence-corrected chi connectivity index (χ3v) is 3.76. The molecule has 1 aliphatic rings. The Kier molecular flexibility index (Phi) is 3.06. The van der Waals surface area contributed by atoms with Crippen molar-refractivity contribution in [2.75, 3.05) is 13.1 Å². The first-order chi connectivity index (χ1) is 8.74. The molecular formula is C14H19N3O. The third kappa shape index (κ3) is 2.13. The summed E-state index contributed by atoms with van der Waals surface area (Å²) in [6, 6.07) is 6.09. The molecule has 0 unspecified atom stereocenters. The summed E-state index contributed by atoms with van der Waals surface area (Å²) in [5.74, 6) is 0. The predicted octanol–water partition coefficient (Wildman–Crippen LogP) is 1.60. The summed E-state index contributed by atoms with van der Waals surface area (Å²) in [6.07, 6.45) is 3.74. The minimum absolute atomic E-state index is 0.107. The SMILES string of the molecule is Cc1nc2ccccn2c1CN1CCC(O)CC1. The lowest BCUT2D eigenvalue weighted by atomic mass is 10.1. The first-order valence-electron chi connectivity index (χ1n) is 6.57. The molecule has 1 N–H and O–H groups in total. The first-order valence-corrected chi connectivity index (χ1v) is 6.57. The molecule has 4 heteroatoms. The summed E-state index contributed by atoms with van der Waals surface area (Å²) >= 11 is 0. The van der Waals surface area contributed by atoms with Gasteiger partial charge in [0.2, 0.25) is 0 Å². The fraction of sp³-hybridized carbons (Fsp3) is 0.500. The molecule has 0 atom stereocenters. The largest absolute Gasteiger partial charge is 0.393 e. The van der Waals surface area contributed by atoms with Gasteiger partial charge < -0.3 is 9.51 Å². The molecule has 0 spiro atoms. The number of likely N-dealkylation sites (tertiary alicyclic amines) is 1. The Morgan fingerprint density at radius 1 is 1.33 bits per heavy atom. The molecule has 96 valence electrons. The lowest BCUT2D eigenvalue weighted by Gasteiger charge is -2.29. The lowest BCUT2D eigenvalue weighted by Crippen LogP contribution is -2.35. The average Bonchev–Trinajstić information content (AvgIpc) is 2.69. The van der Waals surface area contributed by atoms with Crippen LogP contribution in [0.2, 0.25) is 0 Å². The van der Waals surface area contributed by atoms with E-state index >= 15 is 0 Å². The normalized spacial score (nSPS) is 18.6. The van der Waals surface area contributed by atoms with Crippen LogP contribution in [0, 0.1) is 6.92 Å². The smallest absolute Gasteiger partial charge is 0.137 e. The Hall–Kier alpha value is -1.39. The van der Waals surface area contributed by atoms with E-state index in [4.69, 9.17) is 0 Å². The first kappa shape index (κ1) is 11.7. The van der Waals surface area contributed by atoms with Gasteiger partial charge in [0.1, 0.15) is 5.65 Å². The molecule has 2 aromatic heterocycles. The van der Waals surface area contributed by atoms with E-state index in [2.05, 4.69) is 27.4 Å². The van der Waals surface area contributed by atoms with Crippen LogP contribution in [0.1, 0.15) is 24.2 Å². The van der Waals surface area contributed by atoms with Gasteiger partial charge in [-0.1, -0.05) is 6.07 Å². The van der Waals surface area contributed by atoms with Crippen molar-refractivity contribution >= 4 is 5.65 Å². The summed E-state index contributed by atoms with van der Waals surface area (Å²) in [5.41, 5.74) is 3.39. The molecule has 4 nitrogen and oxygen atoms in total. The Balaban J connectivity index is 1.84. The number of aliphatic hydroxyl groups is 1. The summed E-state index contributed by atoms with van der Waals surface area (Å²) < 4.78 is 2.17. The highest BCUT2D eigenvalue weighted by Crippen LogP contribution is 2.17. The number of piperidine rings is 1. The molecule has 1 aliphatic heterocycles. The standard InChI is InChI=1S/C14H19N3O/c1-11-13(10-16-8-5-12(18)6-9-16)17-7-3-2-4-14(17)15-11/h2-4,7,12,18H,5-6,8-10H2,1H3. The number of pyridine rings is 1. The van der Waals surface area contributed by atoms with Gasteiger partial charge >= 0.3 is 0 Å². The van der Waals surface area contributed by atoms with Crippen molar-refractivity contribution in [3.05, 3.63) is 35.8 Å². The molecule has 3 rings (SSSR count). The van der Waals surface area contributed by atoms with Gasteiger partial charge in [0.05, 0.1) is 17.5 Å². The van der Waals surface area contributed by atoms with Crippen LogP contribution < -0.4 is 0 Å². The summed E-state index contributed by atoms with van der Waals surface area (Å²) in [5, 5.41) is 9.54. The van der Waals surface area contributed by atoms with E-state index in [9.17, 15) is 5.11 Å². The second-order valence-electron chi connectivity index (χ2n) is 5.08. The van der Waals surface area contributed by atoms with Crippen LogP contribution in [0.5, 0.6) is 0 Å². The van der Waals surface area contributed by atoms with Gasteiger partial charge in [0.15, 0.2) is 0 Å². The second kappa shape index (κ2) is 4.71. The number of rotatable bonds is 2. The number of imidazole rings is 1. The minimum Gasteiger partial charge on any atom is -0.393 e. The highest BCUT2D eigenvalue weighted by Gasteiger charge is 2.19. The zero-order chi connectivity index (χ0) is 12.5. The zero-order valence-electron chi connectivity index (χ0n) is 10.7. The van der Waals surface area contributed by atoms with Gasteiger partial charge in [-0.15, -0.1) is 0 Å². The maximum Gasteiger partial charge on any atom is 0.137 e. The maximum atomic E-state index is 9.54.